The summed E-state index contributed by atoms with van der Waals surface area (Å²) in [7, 11) is 3.51. The number of likely N-dealkylation sites (tertiary alicyclic amines) is 1. The normalized spacial score (nSPS) is 39.4. The maximum Gasteiger partial charge on any atom is 0.244 e. The highest BCUT2D eigenvalue weighted by Crippen LogP contribution is 2.48. The van der Waals surface area contributed by atoms with Crippen LogP contribution in [0.2, 0.25) is 0 Å². The van der Waals surface area contributed by atoms with Crippen LogP contribution in [-0.2, 0) is 9.59 Å². The first-order valence-electron chi connectivity index (χ1n) is 7.78. The second-order valence-corrected chi connectivity index (χ2v) is 6.86. The lowest BCUT2D eigenvalue weighted by atomic mass is 9.84. The van der Waals surface area contributed by atoms with Crippen LogP contribution < -0.4 is 5.73 Å². The molecule has 0 spiro atoms. The van der Waals surface area contributed by atoms with Crippen molar-refractivity contribution >= 4 is 11.8 Å². The third-order valence-corrected chi connectivity index (χ3v) is 5.53. The number of nitrogens with two attached hydrogens (primary N) is 1. The maximum absolute atomic E-state index is 12.9. The van der Waals surface area contributed by atoms with Crippen LogP contribution in [0.25, 0.3) is 0 Å². The topological polar surface area (TPSA) is 66.6 Å². The highest BCUT2D eigenvalue weighted by atomic mass is 16.2. The Kier molecular flexibility index (Phi) is 3.48. The SMILES string of the molecule is CN(C)C(=O)C1CCCN1C(=O)C1C2CCC(C2)C1N. The summed E-state index contributed by atoms with van der Waals surface area (Å²) in [5.41, 5.74) is 6.27. The first kappa shape index (κ1) is 13.9. The van der Waals surface area contributed by atoms with Crippen molar-refractivity contribution < 1.29 is 9.59 Å². The highest BCUT2D eigenvalue weighted by molar-refractivity contribution is 5.89. The number of rotatable bonds is 2. The second-order valence-electron chi connectivity index (χ2n) is 6.86. The van der Waals surface area contributed by atoms with E-state index in [1.54, 1.807) is 19.0 Å². The Hall–Kier alpha value is -1.10. The smallest absolute Gasteiger partial charge is 0.244 e. The zero-order valence-electron chi connectivity index (χ0n) is 12.4. The van der Waals surface area contributed by atoms with Crippen LogP contribution in [-0.4, -0.2) is 54.3 Å². The molecule has 1 aliphatic heterocycles. The Bertz CT molecular complexity index is 421. The molecular formula is C15H25N3O2. The Morgan fingerprint density at radius 1 is 1.15 bits per heavy atom. The van der Waals surface area contributed by atoms with Gasteiger partial charge in [0.2, 0.25) is 11.8 Å². The van der Waals surface area contributed by atoms with Gasteiger partial charge in [0.1, 0.15) is 6.04 Å². The summed E-state index contributed by atoms with van der Waals surface area (Å²) in [6.07, 6.45) is 5.13. The zero-order valence-corrected chi connectivity index (χ0v) is 12.4. The van der Waals surface area contributed by atoms with Crippen LogP contribution in [0.4, 0.5) is 0 Å². The number of fused-ring (bicyclic) bond motifs is 2. The fourth-order valence-corrected chi connectivity index (χ4v) is 4.48. The molecule has 2 saturated carbocycles. The third-order valence-electron chi connectivity index (χ3n) is 5.53. The molecule has 3 fully saturated rings. The van der Waals surface area contributed by atoms with Crippen LogP contribution in [0.15, 0.2) is 0 Å². The van der Waals surface area contributed by atoms with Crippen LogP contribution in [0.1, 0.15) is 32.1 Å². The molecule has 5 heteroatoms. The molecule has 3 rings (SSSR count). The molecule has 2 aliphatic carbocycles. The molecule has 0 aromatic rings. The van der Waals surface area contributed by atoms with Gasteiger partial charge in [-0.2, -0.15) is 0 Å². The van der Waals surface area contributed by atoms with Crippen LogP contribution >= 0.6 is 0 Å². The predicted octanol–water partition coefficient (Wildman–Crippen LogP) is 0.439. The quantitative estimate of drug-likeness (QED) is 0.797. The number of hydrogen-bond acceptors (Lipinski definition) is 3. The van der Waals surface area contributed by atoms with E-state index >= 15 is 0 Å². The van der Waals surface area contributed by atoms with E-state index in [-0.39, 0.29) is 29.8 Å². The molecule has 5 nitrogen and oxygen atoms in total. The van der Waals surface area contributed by atoms with E-state index in [1.807, 2.05) is 4.90 Å². The molecule has 1 heterocycles. The summed E-state index contributed by atoms with van der Waals surface area (Å²) >= 11 is 0. The second kappa shape index (κ2) is 5.02. The first-order valence-corrected chi connectivity index (χ1v) is 7.78. The van der Waals surface area contributed by atoms with Crippen LogP contribution in [0, 0.1) is 17.8 Å². The van der Waals surface area contributed by atoms with E-state index < -0.39 is 0 Å². The lowest BCUT2D eigenvalue weighted by molar-refractivity contribution is -0.146. The van der Waals surface area contributed by atoms with E-state index in [1.165, 1.54) is 6.42 Å². The number of carbonyl (C=O) groups is 2. The van der Waals surface area contributed by atoms with Gasteiger partial charge in [0.25, 0.3) is 0 Å². The highest BCUT2D eigenvalue weighted by Gasteiger charge is 2.51. The molecule has 2 N–H and O–H groups in total. The largest absolute Gasteiger partial charge is 0.347 e. The molecule has 1 saturated heterocycles. The van der Waals surface area contributed by atoms with Gasteiger partial charge < -0.3 is 15.5 Å². The molecule has 5 atom stereocenters. The Balaban J connectivity index is 1.75. The van der Waals surface area contributed by atoms with Gasteiger partial charge in [-0.15, -0.1) is 0 Å². The molecule has 0 aromatic heterocycles. The molecule has 5 unspecified atom stereocenters. The standard InChI is InChI=1S/C15H25N3O2/c1-17(2)14(19)11-4-3-7-18(11)15(20)12-9-5-6-10(8-9)13(12)16/h9-13H,3-8,16H2,1-2H3. The van der Waals surface area contributed by atoms with Gasteiger partial charge in [-0.1, -0.05) is 0 Å². The molecular weight excluding hydrogens is 254 g/mol. The lowest BCUT2D eigenvalue weighted by Gasteiger charge is -2.33. The summed E-state index contributed by atoms with van der Waals surface area (Å²) in [4.78, 5) is 28.5. The maximum atomic E-state index is 12.9. The average Bonchev–Trinajstić information content (AvgIpc) is 3.11. The van der Waals surface area contributed by atoms with E-state index in [2.05, 4.69) is 0 Å². The summed E-state index contributed by atoms with van der Waals surface area (Å²) in [6.45, 7) is 0.712. The van der Waals surface area contributed by atoms with Crippen molar-refractivity contribution in [2.75, 3.05) is 20.6 Å². The van der Waals surface area contributed by atoms with E-state index in [0.29, 0.717) is 18.4 Å². The lowest BCUT2D eigenvalue weighted by Crippen LogP contribution is -2.52. The van der Waals surface area contributed by atoms with Gasteiger partial charge in [-0.3, -0.25) is 9.59 Å². The zero-order chi connectivity index (χ0) is 14.4. The van der Waals surface area contributed by atoms with Crippen molar-refractivity contribution in [2.24, 2.45) is 23.5 Å². The van der Waals surface area contributed by atoms with Crippen LogP contribution in [0.5, 0.6) is 0 Å². The van der Waals surface area contributed by atoms with Crippen molar-refractivity contribution in [3.8, 4) is 0 Å². The fraction of sp³-hybridized carbons (Fsp3) is 0.867. The minimum Gasteiger partial charge on any atom is -0.347 e. The van der Waals surface area contributed by atoms with Gasteiger partial charge in [-0.25, -0.2) is 0 Å². The number of hydrogen-bond donors (Lipinski definition) is 1. The fourth-order valence-electron chi connectivity index (χ4n) is 4.48. The van der Waals surface area contributed by atoms with Crippen molar-refractivity contribution in [3.05, 3.63) is 0 Å². The number of nitrogens with zero attached hydrogens (tertiary/aromatic N) is 2. The number of amides is 2. The van der Waals surface area contributed by atoms with Gasteiger partial charge in [0.05, 0.1) is 5.92 Å². The Morgan fingerprint density at radius 3 is 2.45 bits per heavy atom. The summed E-state index contributed by atoms with van der Waals surface area (Å²) < 4.78 is 0. The van der Waals surface area contributed by atoms with Crippen molar-refractivity contribution in [1.82, 2.24) is 9.80 Å². The van der Waals surface area contributed by atoms with Crippen molar-refractivity contribution in [2.45, 2.75) is 44.2 Å². The van der Waals surface area contributed by atoms with Crippen LogP contribution in [0.3, 0.4) is 0 Å². The minimum atomic E-state index is -0.260. The third kappa shape index (κ3) is 2.03. The predicted molar refractivity (Wildman–Crippen MR) is 75.7 cm³/mol. The van der Waals surface area contributed by atoms with Gasteiger partial charge in [0, 0.05) is 26.7 Å². The summed E-state index contributed by atoms with van der Waals surface area (Å²) in [6, 6.07) is -0.249. The van der Waals surface area contributed by atoms with Crippen molar-refractivity contribution in [3.63, 3.8) is 0 Å². The minimum absolute atomic E-state index is 0.0111. The Morgan fingerprint density at radius 2 is 1.85 bits per heavy atom. The monoisotopic (exact) mass is 279 g/mol. The molecule has 20 heavy (non-hydrogen) atoms. The van der Waals surface area contributed by atoms with E-state index in [9.17, 15) is 9.59 Å². The van der Waals surface area contributed by atoms with Gasteiger partial charge >= 0.3 is 0 Å². The molecule has 0 aromatic carbocycles. The number of likely N-dealkylation sites (N-methyl/N-ethyl adjacent to an activating group) is 1. The molecule has 2 bridgehead atoms. The molecule has 2 amide bonds. The van der Waals surface area contributed by atoms with E-state index in [0.717, 1.165) is 25.7 Å². The average molecular weight is 279 g/mol. The first-order chi connectivity index (χ1) is 9.50. The Labute approximate surface area is 120 Å². The summed E-state index contributed by atoms with van der Waals surface area (Å²) in [5.74, 6) is 1.14. The summed E-state index contributed by atoms with van der Waals surface area (Å²) in [5, 5.41) is 0. The van der Waals surface area contributed by atoms with E-state index in [4.69, 9.17) is 5.73 Å². The molecule has 3 aliphatic rings. The van der Waals surface area contributed by atoms with Gasteiger partial charge in [0.15, 0.2) is 0 Å². The molecule has 0 radical (unpaired) electrons. The molecule has 112 valence electrons. The van der Waals surface area contributed by atoms with Gasteiger partial charge in [-0.05, 0) is 43.9 Å². The number of carbonyl (C=O) groups excluding carboxylic acids is 2. The van der Waals surface area contributed by atoms with Crippen molar-refractivity contribution in [1.29, 1.82) is 0 Å².